The quantitative estimate of drug-likeness (QED) is 0.330. The maximum atomic E-state index is 13.2. The smallest absolute Gasteiger partial charge is 0.285 e. The van der Waals surface area contributed by atoms with Gasteiger partial charge < -0.3 is 15.8 Å². The van der Waals surface area contributed by atoms with Crippen LogP contribution >= 0.6 is 0 Å². The number of ether oxygens (including phenoxy) is 1. The highest BCUT2D eigenvalue weighted by molar-refractivity contribution is 5.99. The second-order valence-electron chi connectivity index (χ2n) is 4.37. The summed E-state index contributed by atoms with van der Waals surface area (Å²) >= 11 is 0. The first-order valence-electron chi connectivity index (χ1n) is 6.56. The zero-order chi connectivity index (χ0) is 15.8. The first-order chi connectivity index (χ1) is 9.97. The minimum Gasteiger partial charge on any atom is -0.396 e. The molecular weight excluding hydrogens is 281 g/mol. The normalized spacial score (nSPS) is 10.4. The molecule has 0 radical (unpaired) electrons. The predicted molar refractivity (Wildman–Crippen MR) is 75.5 cm³/mol. The average molecular weight is 299 g/mol. The zero-order valence-electron chi connectivity index (χ0n) is 11.7. The van der Waals surface area contributed by atoms with Crippen molar-refractivity contribution < 1.29 is 18.8 Å². The number of amides is 1. The largest absolute Gasteiger partial charge is 0.396 e. The molecule has 0 aromatic heterocycles. The topological polar surface area (TPSA) is 107 Å². The van der Waals surface area contributed by atoms with Gasteiger partial charge in [0.25, 0.3) is 11.6 Å². The van der Waals surface area contributed by atoms with E-state index >= 15 is 0 Å². The number of hydrogen-bond donors (Lipinski definition) is 2. The third-order valence-electron chi connectivity index (χ3n) is 2.73. The maximum absolute atomic E-state index is 13.2. The fourth-order valence-electron chi connectivity index (χ4n) is 1.59. The molecule has 3 N–H and O–H groups in total. The summed E-state index contributed by atoms with van der Waals surface area (Å²) in [6.07, 6.45) is 1.93. The van der Waals surface area contributed by atoms with Crippen molar-refractivity contribution in [2.24, 2.45) is 0 Å². The molecule has 0 saturated heterocycles. The molecule has 0 heterocycles. The molecule has 0 aliphatic heterocycles. The number of nitro benzene ring substituents is 1. The first-order valence-corrected chi connectivity index (χ1v) is 6.56. The van der Waals surface area contributed by atoms with Crippen LogP contribution in [0.1, 0.15) is 30.1 Å². The Hall–Kier alpha value is -2.22. The Bertz CT molecular complexity index is 522. The van der Waals surface area contributed by atoms with Crippen molar-refractivity contribution in [2.45, 2.75) is 19.8 Å². The van der Waals surface area contributed by atoms with Crippen LogP contribution in [0.3, 0.4) is 0 Å². The fourth-order valence-corrected chi connectivity index (χ4v) is 1.59. The summed E-state index contributed by atoms with van der Waals surface area (Å²) in [5.41, 5.74) is 4.13. The van der Waals surface area contributed by atoms with Gasteiger partial charge in [-0.25, -0.2) is 4.39 Å². The van der Waals surface area contributed by atoms with Crippen LogP contribution < -0.4 is 11.1 Å². The molecule has 0 saturated carbocycles. The summed E-state index contributed by atoms with van der Waals surface area (Å²) in [6.45, 7) is 3.13. The van der Waals surface area contributed by atoms with Crippen LogP contribution in [-0.2, 0) is 4.74 Å². The molecule has 21 heavy (non-hydrogen) atoms. The van der Waals surface area contributed by atoms with Gasteiger partial charge in [-0.05, 0) is 12.5 Å². The predicted octanol–water partition coefficient (Wildman–Crippen LogP) is 1.86. The van der Waals surface area contributed by atoms with Gasteiger partial charge in [0.05, 0.1) is 23.3 Å². The van der Waals surface area contributed by atoms with Crippen LogP contribution in [0.4, 0.5) is 15.8 Å². The van der Waals surface area contributed by atoms with Crippen LogP contribution in [-0.4, -0.2) is 30.6 Å². The summed E-state index contributed by atoms with van der Waals surface area (Å²) in [5, 5.41) is 13.3. The summed E-state index contributed by atoms with van der Waals surface area (Å²) < 4.78 is 18.5. The van der Waals surface area contributed by atoms with Crippen LogP contribution in [0.15, 0.2) is 12.1 Å². The molecule has 0 aliphatic rings. The minimum atomic E-state index is -0.929. The van der Waals surface area contributed by atoms with E-state index in [1.165, 1.54) is 0 Å². The maximum Gasteiger partial charge on any atom is 0.285 e. The second-order valence-corrected chi connectivity index (χ2v) is 4.37. The molecule has 116 valence electrons. The van der Waals surface area contributed by atoms with Gasteiger partial charge >= 0.3 is 0 Å². The van der Waals surface area contributed by atoms with Crippen LogP contribution in [0.5, 0.6) is 0 Å². The number of unbranched alkanes of at least 4 members (excludes halogenated alkanes) is 1. The number of nitrogen functional groups attached to an aromatic ring is 1. The van der Waals surface area contributed by atoms with E-state index in [-0.39, 0.29) is 17.8 Å². The first kappa shape index (κ1) is 16.8. The molecule has 1 rings (SSSR count). The summed E-state index contributed by atoms with van der Waals surface area (Å²) in [5.74, 6) is -1.62. The van der Waals surface area contributed by atoms with E-state index in [1.54, 1.807) is 0 Å². The molecule has 7 nitrogen and oxygen atoms in total. The monoisotopic (exact) mass is 299 g/mol. The van der Waals surface area contributed by atoms with Gasteiger partial charge in [-0.2, -0.15) is 0 Å². The van der Waals surface area contributed by atoms with Gasteiger partial charge in [0.15, 0.2) is 5.82 Å². The molecule has 1 aromatic carbocycles. The fraction of sp³-hybridized carbons (Fsp3) is 0.462. The van der Waals surface area contributed by atoms with Gasteiger partial charge in [-0.3, -0.25) is 14.9 Å². The molecule has 0 aliphatic carbocycles. The Morgan fingerprint density at radius 3 is 2.81 bits per heavy atom. The van der Waals surface area contributed by atoms with Crippen molar-refractivity contribution in [3.05, 3.63) is 33.6 Å². The highest BCUT2D eigenvalue weighted by atomic mass is 19.1. The van der Waals surface area contributed by atoms with Crippen molar-refractivity contribution in [3.63, 3.8) is 0 Å². The number of halogens is 1. The number of nitrogens with one attached hydrogen (secondary N) is 1. The molecule has 0 spiro atoms. The lowest BCUT2D eigenvalue weighted by molar-refractivity contribution is -0.385. The average Bonchev–Trinajstić information content (AvgIpc) is 2.44. The van der Waals surface area contributed by atoms with Crippen LogP contribution in [0.2, 0.25) is 0 Å². The molecule has 1 aromatic rings. The van der Waals surface area contributed by atoms with Crippen molar-refractivity contribution in [3.8, 4) is 0 Å². The zero-order valence-corrected chi connectivity index (χ0v) is 11.7. The standard InChI is InChI=1S/C13H18FN3O4/c1-2-3-5-21-6-4-16-13(18)9-7-11(15)10(14)8-12(9)17(19)20/h7-8H,2-6,15H2,1H3,(H,16,18). The lowest BCUT2D eigenvalue weighted by Crippen LogP contribution is -2.28. The van der Waals surface area contributed by atoms with Crippen molar-refractivity contribution in [1.29, 1.82) is 0 Å². The molecule has 0 fully saturated rings. The lowest BCUT2D eigenvalue weighted by atomic mass is 10.1. The van der Waals surface area contributed by atoms with E-state index in [1.807, 2.05) is 6.92 Å². The molecule has 0 atom stereocenters. The number of nitrogens with zero attached hydrogens (tertiary/aromatic N) is 1. The Kier molecular flexibility index (Phi) is 6.54. The second kappa shape index (κ2) is 8.15. The van der Waals surface area contributed by atoms with Gasteiger partial charge in [-0.1, -0.05) is 13.3 Å². The number of benzene rings is 1. The number of rotatable bonds is 8. The Balaban J connectivity index is 2.65. The Morgan fingerprint density at radius 2 is 2.19 bits per heavy atom. The summed E-state index contributed by atoms with van der Waals surface area (Å²) in [7, 11) is 0. The lowest BCUT2D eigenvalue weighted by Gasteiger charge is -2.07. The molecule has 8 heteroatoms. The summed E-state index contributed by atoms with van der Waals surface area (Å²) in [4.78, 5) is 21.9. The van der Waals surface area contributed by atoms with Gasteiger partial charge in [-0.15, -0.1) is 0 Å². The third-order valence-corrected chi connectivity index (χ3v) is 2.73. The van der Waals surface area contributed by atoms with E-state index in [4.69, 9.17) is 10.5 Å². The summed E-state index contributed by atoms with van der Waals surface area (Å²) in [6, 6.07) is 1.60. The van der Waals surface area contributed by atoms with Gasteiger partial charge in [0.1, 0.15) is 5.56 Å². The van der Waals surface area contributed by atoms with E-state index < -0.39 is 22.3 Å². The molecule has 1 amide bonds. The van der Waals surface area contributed by atoms with Crippen molar-refractivity contribution in [2.75, 3.05) is 25.5 Å². The number of carbonyl (C=O) groups excluding carboxylic acids is 1. The highest BCUT2D eigenvalue weighted by Gasteiger charge is 2.22. The van der Waals surface area contributed by atoms with Gasteiger partial charge in [0.2, 0.25) is 0 Å². The van der Waals surface area contributed by atoms with Gasteiger partial charge in [0, 0.05) is 13.2 Å². The van der Waals surface area contributed by atoms with E-state index in [9.17, 15) is 19.3 Å². The van der Waals surface area contributed by atoms with Crippen molar-refractivity contribution >= 4 is 17.3 Å². The molecular formula is C13H18FN3O4. The number of nitro groups is 1. The highest BCUT2D eigenvalue weighted by Crippen LogP contribution is 2.24. The SMILES string of the molecule is CCCCOCCNC(=O)c1cc(N)c(F)cc1[N+](=O)[O-]. The molecule has 0 bridgehead atoms. The van der Waals surface area contributed by atoms with Crippen molar-refractivity contribution in [1.82, 2.24) is 5.32 Å². The number of nitrogens with two attached hydrogens (primary N) is 1. The van der Waals surface area contributed by atoms with E-state index in [2.05, 4.69) is 5.32 Å². The minimum absolute atomic E-state index is 0.205. The number of hydrogen-bond acceptors (Lipinski definition) is 5. The van der Waals surface area contributed by atoms with E-state index in [0.29, 0.717) is 19.3 Å². The Labute approximate surface area is 121 Å². The third kappa shape index (κ3) is 4.99. The number of anilines is 1. The number of carbonyl (C=O) groups is 1. The Morgan fingerprint density at radius 1 is 1.48 bits per heavy atom. The van der Waals surface area contributed by atoms with E-state index in [0.717, 1.165) is 18.9 Å². The van der Waals surface area contributed by atoms with Crippen LogP contribution in [0, 0.1) is 15.9 Å². The van der Waals surface area contributed by atoms with Crippen LogP contribution in [0.25, 0.3) is 0 Å². The molecule has 0 unspecified atom stereocenters.